The van der Waals surface area contributed by atoms with E-state index in [9.17, 15) is 0 Å². The molecule has 17 aromatic carbocycles. The minimum atomic E-state index is 0.602. The van der Waals surface area contributed by atoms with Crippen molar-refractivity contribution >= 4 is 98.1 Å². The van der Waals surface area contributed by atoms with E-state index in [0.717, 1.165) is 122 Å². The van der Waals surface area contributed by atoms with Crippen molar-refractivity contribution in [2.75, 3.05) is 0 Å². The van der Waals surface area contributed by atoms with Crippen LogP contribution in [0.2, 0.25) is 0 Å². The molecule has 24 rings (SSSR count). The number of hydrogen-bond acceptors (Lipinski definition) is 10. The Hall–Kier alpha value is -16.8. The lowest BCUT2D eigenvalue weighted by Crippen LogP contribution is -2.06. The molecule has 0 fully saturated rings. The van der Waals surface area contributed by atoms with Gasteiger partial charge in [-0.2, -0.15) is 9.97 Å². The van der Waals surface area contributed by atoms with Crippen molar-refractivity contribution in [1.29, 1.82) is 0 Å². The van der Waals surface area contributed by atoms with Crippen LogP contribution in [0.3, 0.4) is 0 Å². The van der Waals surface area contributed by atoms with Gasteiger partial charge in [-0.15, -0.1) is 0 Å². The molecule has 13 heteroatoms. The maximum atomic E-state index is 6.08. The third-order valence-corrected chi connectivity index (χ3v) is 22.6. The van der Waals surface area contributed by atoms with Crippen LogP contribution in [0, 0.1) is 0 Å². The van der Waals surface area contributed by atoms with Gasteiger partial charge in [-0.25, -0.2) is 34.9 Å². The van der Waals surface area contributed by atoms with E-state index in [4.69, 9.17) is 49.3 Å². The standard InChI is InChI=1S/C39H24N4O.C37H24N4.C33H22N4/c1-2-11-25(12-3-1)37-40-38(42-39(41-37)27-21-22-36-32(24-27)31-17-6-9-20-35(31)44-36)26-13-10-14-28(23-26)43-33-18-7-4-15-29(33)30-16-5-8-19-34(30)43;1-2-11-27(12-3-1)35-38-36(28-21-18-26(19-22-28)30-23-20-25-10-4-5-13-29(25)24-30)40-37(39-35)41-33-16-8-6-14-31(33)32-15-7-9-17-34(32)41;1-4-13-23(14-5-1)31-34-32(24-15-6-2-7-16-24)36-33(35-31)27-20-12-22-29-30(27)26-19-10-11-21-28(26)37(29)25-17-8-3-9-18-25/h1-24H;1-24H;1-22H. The minimum absolute atomic E-state index is 0.602. The van der Waals surface area contributed by atoms with E-state index in [1.807, 2.05) is 158 Å². The number of nitrogens with zero attached hydrogens (tertiary/aromatic N) is 12. The molecule has 0 bridgehead atoms. The quantitative estimate of drug-likeness (QED) is 0.116. The Balaban J connectivity index is 0.000000110. The lowest BCUT2D eigenvalue weighted by Gasteiger charge is -2.11. The van der Waals surface area contributed by atoms with Crippen molar-refractivity contribution in [3.05, 3.63) is 425 Å². The summed E-state index contributed by atoms with van der Waals surface area (Å²) < 4.78 is 12.9. The minimum Gasteiger partial charge on any atom is -0.456 e. The first-order valence-electron chi connectivity index (χ1n) is 40.7. The maximum Gasteiger partial charge on any atom is 0.238 e. The Kier molecular flexibility index (Phi) is 18.2. The number of aromatic nitrogens is 12. The molecule has 0 N–H and O–H groups in total. The smallest absolute Gasteiger partial charge is 0.238 e. The fraction of sp³-hybridized carbons (Fsp3) is 0. The molecule has 0 amide bonds. The second kappa shape index (κ2) is 31.0. The average Bonchev–Trinajstić information content (AvgIpc) is 1.58. The van der Waals surface area contributed by atoms with Gasteiger partial charge in [0, 0.05) is 99.0 Å². The largest absolute Gasteiger partial charge is 0.456 e. The number of furan rings is 1. The maximum absolute atomic E-state index is 6.08. The predicted molar refractivity (Wildman–Crippen MR) is 496 cm³/mol. The molecule has 24 aromatic rings. The number of para-hydroxylation sites is 7. The highest BCUT2D eigenvalue weighted by Crippen LogP contribution is 2.42. The van der Waals surface area contributed by atoms with Gasteiger partial charge in [-0.1, -0.05) is 334 Å². The highest BCUT2D eigenvalue weighted by Gasteiger charge is 2.23. The van der Waals surface area contributed by atoms with Gasteiger partial charge in [-0.3, -0.25) is 4.57 Å². The molecule has 0 saturated carbocycles. The monoisotopic (exact) mass is 1560 g/mol. The molecule has 0 unspecified atom stereocenters. The van der Waals surface area contributed by atoms with Gasteiger partial charge in [0.1, 0.15) is 11.2 Å². The van der Waals surface area contributed by atoms with E-state index >= 15 is 0 Å². The second-order valence-corrected chi connectivity index (χ2v) is 30.0. The average molecular weight is 1560 g/mol. The topological polar surface area (TPSA) is 144 Å². The third-order valence-electron chi connectivity index (χ3n) is 22.6. The molecule has 7 heterocycles. The summed E-state index contributed by atoms with van der Waals surface area (Å²) in [6, 6.07) is 146. The van der Waals surface area contributed by atoms with Crippen molar-refractivity contribution in [2.45, 2.75) is 0 Å². The van der Waals surface area contributed by atoms with Crippen LogP contribution in [0.1, 0.15) is 0 Å². The number of fused-ring (bicyclic) bond motifs is 13. The van der Waals surface area contributed by atoms with Crippen LogP contribution in [-0.2, 0) is 0 Å². The molecule has 0 aliphatic rings. The molecule has 0 saturated heterocycles. The summed E-state index contributed by atoms with van der Waals surface area (Å²) >= 11 is 0. The number of hydrogen-bond donors (Lipinski definition) is 0. The van der Waals surface area contributed by atoms with Crippen molar-refractivity contribution in [3.63, 3.8) is 0 Å². The zero-order valence-electron chi connectivity index (χ0n) is 65.7. The van der Waals surface area contributed by atoms with Gasteiger partial charge in [-0.05, 0) is 113 Å². The Bertz CT molecular complexity index is 7900. The number of rotatable bonds is 12. The van der Waals surface area contributed by atoms with Gasteiger partial charge in [0.15, 0.2) is 46.6 Å². The van der Waals surface area contributed by atoms with Gasteiger partial charge in [0.05, 0.1) is 33.1 Å². The Morgan fingerprint density at radius 1 is 0.172 bits per heavy atom. The molecule has 0 radical (unpaired) electrons. The van der Waals surface area contributed by atoms with E-state index in [1.165, 1.54) is 43.3 Å². The van der Waals surface area contributed by atoms with Crippen LogP contribution < -0.4 is 0 Å². The molecule has 0 spiro atoms. The summed E-state index contributed by atoms with van der Waals surface area (Å²) in [5.41, 5.74) is 20.5. The molecule has 572 valence electrons. The van der Waals surface area contributed by atoms with Crippen molar-refractivity contribution in [2.24, 2.45) is 0 Å². The molecule has 0 atom stereocenters. The third kappa shape index (κ3) is 13.4. The summed E-state index contributed by atoms with van der Waals surface area (Å²) in [6.45, 7) is 0. The van der Waals surface area contributed by atoms with E-state index in [1.54, 1.807) is 0 Å². The highest BCUT2D eigenvalue weighted by molar-refractivity contribution is 6.16. The zero-order valence-corrected chi connectivity index (χ0v) is 65.7. The number of benzene rings is 17. The van der Waals surface area contributed by atoms with E-state index in [2.05, 4.69) is 281 Å². The molecular formula is C109H70N12O. The predicted octanol–water partition coefficient (Wildman–Crippen LogP) is 27.0. The SMILES string of the molecule is c1ccc(-c2nc(-c3ccc(-c4ccc5ccccc5c4)cc3)nc(-n3c4ccccc4c4ccccc43)n2)cc1.c1ccc(-c2nc(-c3cccc(-n4c5ccccc5c5ccccc54)c3)nc(-c3ccc4oc5ccccc5c4c3)n2)cc1.c1ccc(-c2nc(-c3ccccc3)nc(-c3cccc4c3c3ccccc3n4-c3ccccc3)n2)cc1. The first-order valence-corrected chi connectivity index (χ1v) is 40.7. The van der Waals surface area contributed by atoms with Crippen LogP contribution in [-0.4, -0.2) is 58.6 Å². The van der Waals surface area contributed by atoms with Crippen molar-refractivity contribution in [1.82, 2.24) is 58.6 Å². The van der Waals surface area contributed by atoms with Gasteiger partial charge < -0.3 is 13.6 Å². The van der Waals surface area contributed by atoms with Crippen molar-refractivity contribution < 1.29 is 4.42 Å². The second-order valence-electron chi connectivity index (χ2n) is 30.0. The Morgan fingerprint density at radius 2 is 0.508 bits per heavy atom. The van der Waals surface area contributed by atoms with Gasteiger partial charge >= 0.3 is 0 Å². The van der Waals surface area contributed by atoms with Gasteiger partial charge in [0.25, 0.3) is 0 Å². The van der Waals surface area contributed by atoms with E-state index in [-0.39, 0.29) is 0 Å². The van der Waals surface area contributed by atoms with E-state index in [0.29, 0.717) is 52.5 Å². The summed E-state index contributed by atoms with van der Waals surface area (Å²) in [6.07, 6.45) is 0. The summed E-state index contributed by atoms with van der Waals surface area (Å²) in [4.78, 5) is 44.9. The lowest BCUT2D eigenvalue weighted by atomic mass is 10.0. The van der Waals surface area contributed by atoms with Crippen LogP contribution in [0.5, 0.6) is 0 Å². The molecule has 7 aromatic heterocycles. The first-order chi connectivity index (χ1) is 60.5. The van der Waals surface area contributed by atoms with E-state index < -0.39 is 0 Å². The Labute approximate surface area is 700 Å². The van der Waals surface area contributed by atoms with Gasteiger partial charge in [0.2, 0.25) is 5.95 Å². The molecule has 0 aliphatic heterocycles. The van der Waals surface area contributed by atoms with Crippen LogP contribution in [0.4, 0.5) is 0 Å². The van der Waals surface area contributed by atoms with Crippen LogP contribution >= 0.6 is 0 Å². The lowest BCUT2D eigenvalue weighted by molar-refractivity contribution is 0.669. The highest BCUT2D eigenvalue weighted by atomic mass is 16.3. The molecular weight excluding hydrogens is 1490 g/mol. The summed E-state index contributed by atoms with van der Waals surface area (Å²) in [5.74, 6) is 5.73. The molecule has 122 heavy (non-hydrogen) atoms. The molecule has 0 aliphatic carbocycles. The summed E-state index contributed by atoms with van der Waals surface area (Å²) in [7, 11) is 0. The fourth-order valence-corrected chi connectivity index (χ4v) is 16.8. The van der Waals surface area contributed by atoms with Crippen LogP contribution in [0.15, 0.2) is 429 Å². The zero-order chi connectivity index (χ0) is 80.8. The van der Waals surface area contributed by atoms with Crippen LogP contribution in [0.25, 0.3) is 218 Å². The normalized spacial score (nSPS) is 11.4. The Morgan fingerprint density at radius 3 is 1.04 bits per heavy atom. The van der Waals surface area contributed by atoms with Crippen molar-refractivity contribution in [3.8, 4) is 120 Å². The fourth-order valence-electron chi connectivity index (χ4n) is 16.8. The first kappa shape index (κ1) is 71.7. The summed E-state index contributed by atoms with van der Waals surface area (Å²) in [5, 5.41) is 11.7. The molecule has 13 nitrogen and oxygen atoms in total.